The molecule has 1 N–H and O–H groups in total. The van der Waals surface area contributed by atoms with E-state index in [2.05, 4.69) is 0 Å². The molecule has 0 spiro atoms. The minimum Gasteiger partial charge on any atom is -0.497 e. The lowest BCUT2D eigenvalue weighted by Gasteiger charge is -2.35. The molecule has 21 heavy (non-hydrogen) atoms. The maximum atomic E-state index is 11.5. The number of carbonyl (C=O) groups is 1. The van der Waals surface area contributed by atoms with E-state index in [9.17, 15) is 18.3 Å². The maximum Gasteiger partial charge on any atom is 0.337 e. The minimum atomic E-state index is -3.21. The van der Waals surface area contributed by atoms with Gasteiger partial charge in [-0.15, -0.1) is 0 Å². The molecule has 1 aliphatic rings. The molecule has 116 valence electrons. The van der Waals surface area contributed by atoms with Crippen LogP contribution in [0, 0.1) is 0 Å². The van der Waals surface area contributed by atoms with Gasteiger partial charge < -0.3 is 14.7 Å². The Bertz CT molecular complexity index is 636. The molecule has 0 aromatic heterocycles. The number of benzene rings is 1. The summed E-state index contributed by atoms with van der Waals surface area (Å²) in [7, 11) is -1.69. The maximum absolute atomic E-state index is 11.5. The molecular weight excluding hydrogens is 296 g/mol. The van der Waals surface area contributed by atoms with Crippen molar-refractivity contribution in [2.75, 3.05) is 44.4 Å². The fraction of sp³-hybridized carbons (Fsp3) is 0.462. The Morgan fingerprint density at radius 2 is 1.86 bits per heavy atom. The van der Waals surface area contributed by atoms with Crippen LogP contribution in [0.5, 0.6) is 5.75 Å². The molecule has 1 aliphatic heterocycles. The standard InChI is InChI=1S/C13H18N2O5S/c1-20-10-3-4-11(13(16)17)12(9-10)14-5-7-15(8-6-14)21(2,18)19/h3-4,9H,5-8H2,1-2H3,(H,16,17). The molecule has 1 saturated heterocycles. The molecule has 2 rings (SSSR count). The molecule has 8 heteroatoms. The van der Waals surface area contributed by atoms with Crippen LogP contribution < -0.4 is 9.64 Å². The molecule has 1 fully saturated rings. The van der Waals surface area contributed by atoms with Gasteiger partial charge >= 0.3 is 5.97 Å². The van der Waals surface area contributed by atoms with Crippen molar-refractivity contribution < 1.29 is 23.1 Å². The fourth-order valence-electron chi connectivity index (χ4n) is 2.34. The number of rotatable bonds is 4. The highest BCUT2D eigenvalue weighted by atomic mass is 32.2. The first-order chi connectivity index (χ1) is 9.82. The number of hydrogen-bond acceptors (Lipinski definition) is 5. The highest BCUT2D eigenvalue weighted by Gasteiger charge is 2.26. The summed E-state index contributed by atoms with van der Waals surface area (Å²) >= 11 is 0. The monoisotopic (exact) mass is 314 g/mol. The molecule has 7 nitrogen and oxygen atoms in total. The molecule has 0 saturated carbocycles. The molecule has 0 aliphatic carbocycles. The zero-order chi connectivity index (χ0) is 15.6. The Morgan fingerprint density at radius 1 is 1.24 bits per heavy atom. The average molecular weight is 314 g/mol. The third-order valence-corrected chi connectivity index (χ3v) is 4.79. The van der Waals surface area contributed by atoms with Gasteiger partial charge in [0.2, 0.25) is 10.0 Å². The SMILES string of the molecule is COc1ccc(C(=O)O)c(N2CCN(S(C)(=O)=O)CC2)c1. The van der Waals surface area contributed by atoms with Crippen LogP contribution in [0.1, 0.15) is 10.4 Å². The van der Waals surface area contributed by atoms with E-state index in [4.69, 9.17) is 4.74 Å². The van der Waals surface area contributed by atoms with Crippen molar-refractivity contribution >= 4 is 21.7 Å². The van der Waals surface area contributed by atoms with Crippen molar-refractivity contribution in [2.45, 2.75) is 0 Å². The van der Waals surface area contributed by atoms with Crippen LogP contribution in [0.3, 0.4) is 0 Å². The van der Waals surface area contributed by atoms with Crippen LogP contribution in [0.4, 0.5) is 5.69 Å². The highest BCUT2D eigenvalue weighted by Crippen LogP contribution is 2.27. The van der Waals surface area contributed by atoms with E-state index in [1.165, 1.54) is 23.7 Å². The van der Waals surface area contributed by atoms with Crippen LogP contribution in [-0.2, 0) is 10.0 Å². The number of piperazine rings is 1. The summed E-state index contributed by atoms with van der Waals surface area (Å²) in [6.45, 7) is 1.57. The van der Waals surface area contributed by atoms with E-state index in [0.29, 0.717) is 37.6 Å². The second-order valence-corrected chi connectivity index (χ2v) is 6.82. The Kier molecular flexibility index (Phi) is 4.38. The van der Waals surface area contributed by atoms with Crippen LogP contribution >= 0.6 is 0 Å². The number of sulfonamides is 1. The first kappa shape index (κ1) is 15.6. The number of carboxylic acids is 1. The van der Waals surface area contributed by atoms with Crippen LogP contribution in [0.2, 0.25) is 0 Å². The van der Waals surface area contributed by atoms with E-state index in [-0.39, 0.29) is 5.56 Å². The Hall–Kier alpha value is -1.80. The molecule has 0 unspecified atom stereocenters. The van der Waals surface area contributed by atoms with Gasteiger partial charge in [-0.25, -0.2) is 13.2 Å². The third kappa shape index (κ3) is 3.45. The number of methoxy groups -OCH3 is 1. The molecule has 1 aromatic carbocycles. The Labute approximate surface area is 123 Å². The molecule has 0 amide bonds. The third-order valence-electron chi connectivity index (χ3n) is 3.48. The zero-order valence-corrected chi connectivity index (χ0v) is 12.8. The lowest BCUT2D eigenvalue weighted by Crippen LogP contribution is -2.48. The predicted octanol–water partition coefficient (Wildman–Crippen LogP) is 0.475. The second kappa shape index (κ2) is 5.90. The normalized spacial score (nSPS) is 16.8. The number of carboxylic acid groups (broad SMARTS) is 1. The summed E-state index contributed by atoms with van der Waals surface area (Å²) in [6, 6.07) is 4.76. The smallest absolute Gasteiger partial charge is 0.337 e. The fourth-order valence-corrected chi connectivity index (χ4v) is 3.17. The summed E-state index contributed by atoms with van der Waals surface area (Å²) in [4.78, 5) is 13.2. The molecular formula is C13H18N2O5S. The highest BCUT2D eigenvalue weighted by molar-refractivity contribution is 7.88. The Balaban J connectivity index is 2.25. The van der Waals surface area contributed by atoms with E-state index in [1.54, 1.807) is 12.1 Å². The van der Waals surface area contributed by atoms with Crippen LogP contribution in [-0.4, -0.2) is 63.3 Å². The quantitative estimate of drug-likeness (QED) is 0.869. The second-order valence-electron chi connectivity index (χ2n) is 4.84. The van der Waals surface area contributed by atoms with Gasteiger partial charge in [0, 0.05) is 32.2 Å². The van der Waals surface area contributed by atoms with Gasteiger partial charge in [0.05, 0.1) is 24.6 Å². The zero-order valence-electron chi connectivity index (χ0n) is 11.9. The van der Waals surface area contributed by atoms with E-state index < -0.39 is 16.0 Å². The molecule has 0 radical (unpaired) electrons. The number of aromatic carboxylic acids is 1. The number of nitrogens with zero attached hydrogens (tertiary/aromatic N) is 2. The van der Waals surface area contributed by atoms with Gasteiger partial charge in [0.25, 0.3) is 0 Å². The van der Waals surface area contributed by atoms with Crippen molar-refractivity contribution in [3.05, 3.63) is 23.8 Å². The predicted molar refractivity (Wildman–Crippen MR) is 78.6 cm³/mol. The number of anilines is 1. The Morgan fingerprint density at radius 3 is 2.33 bits per heavy atom. The van der Waals surface area contributed by atoms with E-state index in [0.717, 1.165) is 0 Å². The van der Waals surface area contributed by atoms with Gasteiger partial charge in [0.1, 0.15) is 5.75 Å². The van der Waals surface area contributed by atoms with Crippen LogP contribution in [0.25, 0.3) is 0 Å². The average Bonchev–Trinajstić information content (AvgIpc) is 2.45. The van der Waals surface area contributed by atoms with Gasteiger partial charge in [-0.2, -0.15) is 4.31 Å². The summed E-state index contributed by atoms with van der Waals surface area (Å²) in [5.41, 5.74) is 0.735. The number of ether oxygens (including phenoxy) is 1. The van der Waals surface area contributed by atoms with Crippen molar-refractivity contribution in [3.63, 3.8) is 0 Å². The number of hydrogen-bond donors (Lipinski definition) is 1. The van der Waals surface area contributed by atoms with E-state index in [1.807, 2.05) is 4.90 Å². The first-order valence-electron chi connectivity index (χ1n) is 6.44. The largest absolute Gasteiger partial charge is 0.497 e. The lowest BCUT2D eigenvalue weighted by molar-refractivity contribution is 0.0697. The van der Waals surface area contributed by atoms with Crippen molar-refractivity contribution in [3.8, 4) is 5.75 Å². The molecule has 0 bridgehead atoms. The van der Waals surface area contributed by atoms with E-state index >= 15 is 0 Å². The molecule has 1 heterocycles. The molecule has 1 aromatic rings. The van der Waals surface area contributed by atoms with Gasteiger partial charge in [-0.05, 0) is 12.1 Å². The summed E-state index contributed by atoms with van der Waals surface area (Å²) in [5, 5.41) is 9.27. The van der Waals surface area contributed by atoms with Crippen LogP contribution in [0.15, 0.2) is 18.2 Å². The van der Waals surface area contributed by atoms with Gasteiger partial charge in [0.15, 0.2) is 0 Å². The van der Waals surface area contributed by atoms with Gasteiger partial charge in [-0.3, -0.25) is 0 Å². The summed E-state index contributed by atoms with van der Waals surface area (Å²) in [6.07, 6.45) is 1.18. The minimum absolute atomic E-state index is 0.184. The summed E-state index contributed by atoms with van der Waals surface area (Å²) < 4.78 is 29.5. The van der Waals surface area contributed by atoms with Crippen molar-refractivity contribution in [1.29, 1.82) is 0 Å². The van der Waals surface area contributed by atoms with Crippen molar-refractivity contribution in [1.82, 2.24) is 4.31 Å². The topological polar surface area (TPSA) is 87.2 Å². The summed E-state index contributed by atoms with van der Waals surface area (Å²) in [5.74, 6) is -0.446. The molecule has 0 atom stereocenters. The van der Waals surface area contributed by atoms with Crippen molar-refractivity contribution in [2.24, 2.45) is 0 Å². The first-order valence-corrected chi connectivity index (χ1v) is 8.29. The lowest BCUT2D eigenvalue weighted by atomic mass is 10.1. The van der Waals surface area contributed by atoms with Gasteiger partial charge in [-0.1, -0.05) is 0 Å².